The topological polar surface area (TPSA) is 50.2 Å². The first kappa shape index (κ1) is 21.6. The minimum Gasteiger partial charge on any atom is -0.399 e. The van der Waals surface area contributed by atoms with Crippen molar-refractivity contribution in [3.05, 3.63) is 70.9 Å². The van der Waals surface area contributed by atoms with Crippen molar-refractivity contribution >= 4 is 17.3 Å². The molecule has 3 aromatic rings. The average molecular weight is 616 g/mol. The maximum atomic E-state index is 4.77. The van der Waals surface area contributed by atoms with Crippen molar-refractivity contribution in [1.29, 1.82) is 0 Å². The molecule has 1 N–H and O–H groups in total. The SMILES string of the molecule is CC1=NCc2[c-]nc(Nc3cc(C)[c-]c(C)c3)nc2-c2ccccc21.[Re].[Rh]. The molecule has 0 unspecified atom stereocenters. The number of aromatic nitrogens is 2. The van der Waals surface area contributed by atoms with Crippen LogP contribution in [0.2, 0.25) is 0 Å². The number of aryl methyl sites for hydroxylation is 2. The molecule has 0 aliphatic carbocycles. The molecule has 1 aliphatic heterocycles. The normalized spacial score (nSPS) is 11.7. The van der Waals surface area contributed by atoms with Gasteiger partial charge in [-0.1, -0.05) is 55.6 Å². The Morgan fingerprint density at radius 2 is 1.67 bits per heavy atom. The van der Waals surface area contributed by atoms with Crippen LogP contribution in [0.4, 0.5) is 11.6 Å². The zero-order chi connectivity index (χ0) is 17.4. The minimum atomic E-state index is 0. The Morgan fingerprint density at radius 3 is 2.37 bits per heavy atom. The fourth-order valence-electron chi connectivity index (χ4n) is 3.14. The molecule has 0 amide bonds. The van der Waals surface area contributed by atoms with Gasteiger partial charge in [-0.05, 0) is 23.7 Å². The number of nitrogens with zero attached hydrogens (tertiary/aromatic N) is 3. The van der Waals surface area contributed by atoms with E-state index in [1.807, 2.05) is 45.0 Å². The van der Waals surface area contributed by atoms with Gasteiger partial charge in [0.2, 0.25) is 0 Å². The van der Waals surface area contributed by atoms with Gasteiger partial charge in [0, 0.05) is 52.2 Å². The van der Waals surface area contributed by atoms with Crippen LogP contribution < -0.4 is 5.32 Å². The van der Waals surface area contributed by atoms with E-state index in [9.17, 15) is 0 Å². The second-order valence-corrected chi connectivity index (χ2v) is 6.29. The Labute approximate surface area is 186 Å². The molecule has 1 aliphatic rings. The first-order valence-electron chi connectivity index (χ1n) is 8.27. The summed E-state index contributed by atoms with van der Waals surface area (Å²) >= 11 is 0. The number of anilines is 2. The summed E-state index contributed by atoms with van der Waals surface area (Å²) in [5.74, 6) is 0.540. The summed E-state index contributed by atoms with van der Waals surface area (Å²) < 4.78 is 0. The van der Waals surface area contributed by atoms with Crippen LogP contribution in [-0.2, 0) is 46.4 Å². The van der Waals surface area contributed by atoms with Crippen molar-refractivity contribution in [3.63, 3.8) is 0 Å². The van der Waals surface area contributed by atoms with Crippen LogP contribution in [-0.4, -0.2) is 15.7 Å². The zero-order valence-electron chi connectivity index (χ0n) is 15.2. The van der Waals surface area contributed by atoms with Crippen LogP contribution in [0.1, 0.15) is 29.2 Å². The Kier molecular flexibility index (Phi) is 7.17. The zero-order valence-corrected chi connectivity index (χ0v) is 19.6. The molecule has 0 spiro atoms. The molecule has 1 aromatic heterocycles. The predicted octanol–water partition coefficient (Wildman–Crippen LogP) is 4.42. The summed E-state index contributed by atoms with van der Waals surface area (Å²) in [4.78, 5) is 13.8. The van der Waals surface area contributed by atoms with Gasteiger partial charge < -0.3 is 15.3 Å². The van der Waals surface area contributed by atoms with E-state index in [1.165, 1.54) is 0 Å². The number of benzene rings is 2. The fraction of sp³-hybridized carbons (Fsp3) is 0.190. The van der Waals surface area contributed by atoms with Gasteiger partial charge in [-0.15, -0.1) is 12.1 Å². The Balaban J connectivity index is 0.00000131. The monoisotopic (exact) mass is 616 g/mol. The number of hydrogen-bond acceptors (Lipinski definition) is 4. The van der Waals surface area contributed by atoms with Gasteiger partial charge in [0.05, 0.1) is 0 Å². The third kappa shape index (κ3) is 4.58. The van der Waals surface area contributed by atoms with Crippen LogP contribution >= 0.6 is 0 Å². The van der Waals surface area contributed by atoms with Crippen molar-refractivity contribution in [2.24, 2.45) is 4.99 Å². The number of hydrogen-bond donors (Lipinski definition) is 1. The molecular formula is C21H18N4ReRh-2. The molecule has 0 saturated heterocycles. The van der Waals surface area contributed by atoms with Gasteiger partial charge in [-0.25, -0.2) is 0 Å². The van der Waals surface area contributed by atoms with E-state index in [-0.39, 0.29) is 39.9 Å². The van der Waals surface area contributed by atoms with Gasteiger partial charge in [0.25, 0.3) is 0 Å². The molecule has 0 bridgehead atoms. The predicted molar refractivity (Wildman–Crippen MR) is 100 cm³/mol. The Bertz CT molecular complexity index is 981. The second-order valence-electron chi connectivity index (χ2n) is 6.29. The van der Waals surface area contributed by atoms with E-state index in [4.69, 9.17) is 4.98 Å². The van der Waals surface area contributed by atoms with Crippen LogP contribution in [0.25, 0.3) is 11.3 Å². The van der Waals surface area contributed by atoms with Crippen LogP contribution in [0, 0.1) is 26.1 Å². The molecular weight excluding hydrogens is 597 g/mol. The van der Waals surface area contributed by atoms with Crippen molar-refractivity contribution in [1.82, 2.24) is 9.97 Å². The number of rotatable bonds is 2. The molecule has 27 heavy (non-hydrogen) atoms. The summed E-state index contributed by atoms with van der Waals surface area (Å²) in [7, 11) is 0. The smallest absolute Gasteiger partial charge is 0.109 e. The Hall–Kier alpha value is -1.72. The third-order valence-electron chi connectivity index (χ3n) is 4.24. The number of fused-ring (bicyclic) bond motifs is 3. The molecule has 0 saturated carbocycles. The molecule has 140 valence electrons. The minimum absolute atomic E-state index is 0. The summed E-state index contributed by atoms with van der Waals surface area (Å²) in [5, 5.41) is 3.29. The van der Waals surface area contributed by atoms with E-state index in [1.54, 1.807) is 0 Å². The van der Waals surface area contributed by atoms with Crippen LogP contribution in [0.3, 0.4) is 0 Å². The summed E-state index contributed by atoms with van der Waals surface area (Å²) in [6.45, 7) is 6.63. The van der Waals surface area contributed by atoms with Gasteiger partial charge in [0.1, 0.15) is 5.95 Å². The maximum Gasteiger partial charge on any atom is 0.109 e. The Morgan fingerprint density at radius 1 is 1.00 bits per heavy atom. The van der Waals surface area contributed by atoms with Crippen molar-refractivity contribution in [2.75, 3.05) is 5.32 Å². The van der Waals surface area contributed by atoms with Crippen molar-refractivity contribution in [2.45, 2.75) is 27.3 Å². The summed E-state index contributed by atoms with van der Waals surface area (Å²) in [6, 6.07) is 15.5. The van der Waals surface area contributed by atoms with Gasteiger partial charge in [-0.3, -0.25) is 4.99 Å². The molecule has 0 atom stereocenters. The fourth-order valence-corrected chi connectivity index (χ4v) is 3.14. The van der Waals surface area contributed by atoms with E-state index < -0.39 is 0 Å². The van der Waals surface area contributed by atoms with E-state index in [0.29, 0.717) is 12.5 Å². The number of aliphatic imine (C=N–C) groups is 1. The van der Waals surface area contributed by atoms with Crippen LogP contribution in [0.15, 0.2) is 41.4 Å². The maximum absolute atomic E-state index is 4.77. The summed E-state index contributed by atoms with van der Waals surface area (Å²) in [6.07, 6.45) is 3.12. The first-order valence-corrected chi connectivity index (χ1v) is 8.27. The molecule has 4 nitrogen and oxygen atoms in total. The molecule has 2 radical (unpaired) electrons. The van der Waals surface area contributed by atoms with Crippen molar-refractivity contribution < 1.29 is 39.9 Å². The molecule has 2 aromatic carbocycles. The van der Waals surface area contributed by atoms with Crippen LogP contribution in [0.5, 0.6) is 0 Å². The quantitative estimate of drug-likeness (QED) is 0.343. The molecule has 0 fully saturated rings. The van der Waals surface area contributed by atoms with Gasteiger partial charge >= 0.3 is 0 Å². The van der Waals surface area contributed by atoms with Gasteiger partial charge in [-0.2, -0.15) is 17.2 Å². The second kappa shape index (κ2) is 8.98. The largest absolute Gasteiger partial charge is 0.399 e. The standard InChI is InChI=1S/C21H18N4.Re.Rh/c1-13-8-14(2)10-17(9-13)24-21-23-12-16-11-22-15(3)18-6-4-5-7-19(18)20(16)25-21;;/h4-7,9-10H,11H2,1-3H3,(H,23,24,25);;/q-2;;. The van der Waals surface area contributed by atoms with E-state index in [2.05, 4.69) is 39.7 Å². The van der Waals surface area contributed by atoms with Crippen molar-refractivity contribution in [3.8, 4) is 11.3 Å². The summed E-state index contributed by atoms with van der Waals surface area (Å²) in [5.41, 5.74) is 8.13. The van der Waals surface area contributed by atoms with E-state index >= 15 is 0 Å². The average Bonchev–Trinajstić information content (AvgIpc) is 2.72. The molecule has 2 heterocycles. The van der Waals surface area contributed by atoms with E-state index in [0.717, 1.165) is 44.9 Å². The van der Waals surface area contributed by atoms with Gasteiger partial charge in [0.15, 0.2) is 0 Å². The molecule has 6 heteroatoms. The number of nitrogens with one attached hydrogen (secondary N) is 1. The molecule has 4 rings (SSSR count). The third-order valence-corrected chi connectivity index (χ3v) is 4.24. The first-order chi connectivity index (χ1) is 12.1.